The normalized spacial score (nSPS) is 34.3. The van der Waals surface area contributed by atoms with E-state index in [0.29, 0.717) is 48.2 Å². The number of phosphoric ester groups is 3. The maximum Gasteiger partial charge on any atom is 0.274 e. The number of fused-ring (bicyclic) bond motifs is 6. The van der Waals surface area contributed by atoms with Crippen LogP contribution < -0.4 is 35.9 Å². The van der Waals surface area contributed by atoms with E-state index in [-0.39, 0.29) is 64.5 Å². The maximum atomic E-state index is 13.0. The molecule has 8 N–H and O–H groups in total. The molecule has 1 aliphatic heterocycles. The van der Waals surface area contributed by atoms with Crippen molar-refractivity contribution in [1.29, 1.82) is 0 Å². The highest BCUT2D eigenvalue weighted by Gasteiger charge is 2.64. The van der Waals surface area contributed by atoms with Gasteiger partial charge in [-0.25, -0.2) is 19.3 Å². The molecule has 3 heterocycles. The predicted octanol–water partition coefficient (Wildman–Crippen LogP) is 0.544. The van der Waals surface area contributed by atoms with Gasteiger partial charge in [-0.3, -0.25) is 28.1 Å². The van der Waals surface area contributed by atoms with E-state index < -0.39 is 90.7 Å². The number of aliphatic hydroxyl groups is 4. The average Bonchev–Trinajstić information content (AvgIpc) is 4.01. The predicted molar refractivity (Wildman–Crippen MR) is 259 cm³/mol. The van der Waals surface area contributed by atoms with E-state index >= 15 is 0 Å². The van der Waals surface area contributed by atoms with Crippen LogP contribution in [0.2, 0.25) is 0 Å². The fourth-order valence-electron chi connectivity index (χ4n) is 13.1. The van der Waals surface area contributed by atoms with Crippen LogP contribution in [0.15, 0.2) is 12.7 Å². The van der Waals surface area contributed by atoms with Crippen LogP contribution in [0.25, 0.3) is 11.2 Å². The molecule has 26 nitrogen and oxygen atoms in total. The first kappa shape index (κ1) is 60.1. The van der Waals surface area contributed by atoms with E-state index in [1.165, 1.54) is 13.8 Å². The lowest BCUT2D eigenvalue weighted by molar-refractivity contribution is -0.347. The zero-order chi connectivity index (χ0) is 55.1. The average molecular weight is 1140 g/mol. The van der Waals surface area contributed by atoms with Gasteiger partial charge in [0.15, 0.2) is 22.8 Å². The van der Waals surface area contributed by atoms with Crippen molar-refractivity contribution in [3.8, 4) is 0 Å². The number of ether oxygens (including phenoxy) is 1. The van der Waals surface area contributed by atoms with E-state index in [4.69, 9.17) is 10.5 Å². The molecule has 2 amide bonds. The summed E-state index contributed by atoms with van der Waals surface area (Å²) in [6.07, 6.45) is 0.757. The summed E-state index contributed by atoms with van der Waals surface area (Å²) in [5.41, 5.74) is 4.03. The maximum absolute atomic E-state index is 13.0. The Kier molecular flexibility index (Phi) is 19.0. The number of nitrogens with zero attached hydrogens (tertiary/aromatic N) is 4. The molecule has 0 radical (unpaired) electrons. The Hall–Kier alpha value is -2.52. The number of carbonyl (C=O) groups excluding carboxylic acids is 3. The van der Waals surface area contributed by atoms with Crippen molar-refractivity contribution in [2.75, 3.05) is 37.8 Å². The first-order valence-corrected chi connectivity index (χ1v) is 30.7. The van der Waals surface area contributed by atoms with Gasteiger partial charge in [-0.15, -0.1) is 0 Å². The Morgan fingerprint density at radius 1 is 0.960 bits per heavy atom. The second-order valence-corrected chi connectivity index (χ2v) is 27.3. The van der Waals surface area contributed by atoms with Crippen molar-refractivity contribution in [2.45, 2.75) is 148 Å². The number of hydrogen-bond donors (Lipinski definition) is 7. The number of amides is 2. The SMILES string of the molecule is C[C@H](CCC(=O)SCCNC(=O)CCNC(=O)[C@H](O)C(C)(C)COP(=O)([O-])OP(=O)([O-])OC[C@H]1O[C@@H](n2cnc3c(N)ncnc32)[C@H](O)[C@@H]1OP(=O)([O-])[O-])[C@H]1CC[C@H]2[C@@H]3CC[C@@H]4C[C@H](O)CC[C@]4(C)[C@H]3C[C@H](O)[C@]12C. The monoisotopic (exact) mass is 1140 g/mol. The molecule has 0 aromatic carbocycles. The van der Waals surface area contributed by atoms with Crippen molar-refractivity contribution >= 4 is 69.1 Å². The lowest BCUT2D eigenvalue weighted by Crippen LogP contribution is -2.58. The lowest BCUT2D eigenvalue weighted by Gasteiger charge is -2.62. The molecule has 5 aliphatic rings. The lowest BCUT2D eigenvalue weighted by atomic mass is 9.43. The molecule has 2 aromatic heterocycles. The third-order valence-electron chi connectivity index (χ3n) is 17.0. The Morgan fingerprint density at radius 3 is 2.40 bits per heavy atom. The second kappa shape index (κ2) is 23.7. The topological polar surface area (TPSA) is 415 Å². The Bertz CT molecular complexity index is 2530. The van der Waals surface area contributed by atoms with E-state index in [1.54, 1.807) is 0 Å². The zero-order valence-electron chi connectivity index (χ0n) is 42.5. The summed E-state index contributed by atoms with van der Waals surface area (Å²) < 4.78 is 61.1. The van der Waals surface area contributed by atoms with Gasteiger partial charge >= 0.3 is 0 Å². The van der Waals surface area contributed by atoms with Gasteiger partial charge in [0.25, 0.3) is 15.6 Å². The number of aliphatic hydroxyl groups excluding tert-OH is 4. The quantitative estimate of drug-likeness (QED) is 0.0590. The molecule has 75 heavy (non-hydrogen) atoms. The van der Waals surface area contributed by atoms with Gasteiger partial charge in [-0.2, -0.15) is 0 Å². The highest BCUT2D eigenvalue weighted by molar-refractivity contribution is 8.13. The summed E-state index contributed by atoms with van der Waals surface area (Å²) in [5.74, 6) is 1.33. The van der Waals surface area contributed by atoms with Gasteiger partial charge < -0.3 is 79.2 Å². The minimum Gasteiger partial charge on any atom is -0.790 e. The number of nitrogen functional groups attached to an aromatic ring is 1. The fraction of sp³-hybridized carbons (Fsp3) is 0.822. The Balaban J connectivity index is 0.780. The van der Waals surface area contributed by atoms with Gasteiger partial charge in [0.2, 0.25) is 11.8 Å². The minimum atomic E-state index is -5.94. The van der Waals surface area contributed by atoms with Crippen LogP contribution in [-0.4, -0.2) is 126 Å². The van der Waals surface area contributed by atoms with Crippen LogP contribution in [0.4, 0.5) is 5.82 Å². The van der Waals surface area contributed by atoms with E-state index in [1.807, 2.05) is 0 Å². The van der Waals surface area contributed by atoms with Crippen molar-refractivity contribution in [3.05, 3.63) is 12.7 Å². The van der Waals surface area contributed by atoms with E-state index in [2.05, 4.69) is 64.2 Å². The van der Waals surface area contributed by atoms with Crippen LogP contribution >= 0.6 is 35.2 Å². The van der Waals surface area contributed by atoms with Gasteiger partial charge in [-0.1, -0.05) is 46.4 Å². The van der Waals surface area contributed by atoms with E-state index in [9.17, 15) is 68.1 Å². The van der Waals surface area contributed by atoms with Gasteiger partial charge in [0, 0.05) is 37.1 Å². The molecular formula is C45H70N7O19P3S-4. The molecular weight excluding hydrogens is 1070 g/mol. The van der Waals surface area contributed by atoms with Gasteiger partial charge in [0.05, 0.1) is 39.6 Å². The minimum absolute atomic E-state index is 0.00594. The number of rotatable bonds is 23. The fourth-order valence-corrected chi connectivity index (χ4v) is 16.5. The number of nitrogens with two attached hydrogens (primary N) is 1. The largest absolute Gasteiger partial charge is 0.790 e. The highest BCUT2D eigenvalue weighted by atomic mass is 32.2. The molecule has 0 bridgehead atoms. The number of thioether (sulfide) groups is 1. The second-order valence-electron chi connectivity index (χ2n) is 22.1. The number of carbonyl (C=O) groups is 3. The van der Waals surface area contributed by atoms with Crippen molar-refractivity contribution < 1.29 is 90.7 Å². The summed E-state index contributed by atoms with van der Waals surface area (Å²) in [4.78, 5) is 98.3. The molecule has 4 aliphatic carbocycles. The Labute approximate surface area is 438 Å². The summed E-state index contributed by atoms with van der Waals surface area (Å²) in [5, 5.41) is 48.9. The van der Waals surface area contributed by atoms with Crippen molar-refractivity contribution in [2.24, 2.45) is 51.8 Å². The van der Waals surface area contributed by atoms with Gasteiger partial charge in [0.1, 0.15) is 36.3 Å². The molecule has 424 valence electrons. The van der Waals surface area contributed by atoms with Crippen LogP contribution in [0.1, 0.15) is 111 Å². The first-order valence-electron chi connectivity index (χ1n) is 25.3. The molecule has 17 atom stereocenters. The summed E-state index contributed by atoms with van der Waals surface area (Å²) in [6.45, 7) is 6.97. The van der Waals surface area contributed by atoms with Crippen LogP contribution in [-0.2, 0) is 50.7 Å². The summed E-state index contributed by atoms with van der Waals surface area (Å²) in [6, 6.07) is 0. The number of hydrogen-bond acceptors (Lipinski definition) is 24. The number of nitrogens with one attached hydrogen (secondary N) is 2. The molecule has 2 unspecified atom stereocenters. The van der Waals surface area contributed by atoms with Crippen LogP contribution in [0, 0.1) is 51.8 Å². The molecule has 30 heteroatoms. The number of anilines is 1. The van der Waals surface area contributed by atoms with Crippen molar-refractivity contribution in [3.63, 3.8) is 0 Å². The van der Waals surface area contributed by atoms with Gasteiger partial charge in [-0.05, 0) is 104 Å². The third kappa shape index (κ3) is 13.7. The molecule has 5 fully saturated rings. The number of imidazole rings is 1. The van der Waals surface area contributed by atoms with Crippen LogP contribution in [0.3, 0.4) is 0 Å². The molecule has 1 saturated heterocycles. The molecule has 7 rings (SSSR count). The summed E-state index contributed by atoms with van der Waals surface area (Å²) >= 11 is 1.12. The molecule has 2 aromatic rings. The number of phosphoric acid groups is 3. The highest BCUT2D eigenvalue weighted by Crippen LogP contribution is 2.68. The third-order valence-corrected chi connectivity index (χ3v) is 21.0. The molecule has 0 spiro atoms. The smallest absolute Gasteiger partial charge is 0.274 e. The number of aromatic nitrogens is 4. The standard InChI is InChI=1S/C45H74N7O19P3S/c1-24(28-9-10-29-27-8-7-25-18-26(53)12-14-44(25,4)30(27)19-32(54)45(28,29)5)6-11-34(56)75-17-16-47-33(55)13-15-48-41(59)38(58)43(2,3)21-68-74(65,66)71-73(63,64)67-20-31-37(70-72(60,61)62)36(57)42(69-31)52-23-51-35-39(46)49-22-50-40(35)52/h22-32,36-38,42,53-54,57-58H,6-21H2,1-5H3,(H,47,55)(H,48,59)(H,63,64)(H,65,66)(H2,46,49,50)(H2,60,61,62)/p-4/t24-,25-,26-,27+,28-,29+,30+,31-,32+,36-,37-,38+,42-,44+,45-/m1/s1. The Morgan fingerprint density at radius 2 is 1.68 bits per heavy atom. The van der Waals surface area contributed by atoms with Crippen molar-refractivity contribution in [1.82, 2.24) is 30.2 Å². The molecule has 4 saturated carbocycles. The first-order chi connectivity index (χ1) is 35.0. The van der Waals surface area contributed by atoms with Crippen LogP contribution in [0.5, 0.6) is 0 Å². The zero-order valence-corrected chi connectivity index (χ0v) is 46.0. The summed E-state index contributed by atoms with van der Waals surface area (Å²) in [7, 11) is -17.7. The van der Waals surface area contributed by atoms with E-state index in [0.717, 1.165) is 80.4 Å².